The highest BCUT2D eigenvalue weighted by Crippen LogP contribution is 2.28. The monoisotopic (exact) mass is 307 g/mol. The molecule has 0 aliphatic rings. The Kier molecular flexibility index (Phi) is 5.09. The highest BCUT2D eigenvalue weighted by Gasteiger charge is 2.14. The van der Waals surface area contributed by atoms with Crippen molar-refractivity contribution in [2.24, 2.45) is 0 Å². The Morgan fingerprint density at radius 1 is 0.950 bits per heavy atom. The van der Waals surface area contributed by atoms with E-state index in [1.807, 2.05) is 12.1 Å². The lowest BCUT2D eigenvalue weighted by Gasteiger charge is -2.22. The molecular formula is C17H19Cl2N. The van der Waals surface area contributed by atoms with Gasteiger partial charge in [0.1, 0.15) is 0 Å². The molecule has 0 fully saturated rings. The average Bonchev–Trinajstić information content (AvgIpc) is 2.38. The summed E-state index contributed by atoms with van der Waals surface area (Å²) in [7, 11) is 0. The summed E-state index contributed by atoms with van der Waals surface area (Å²) in [5, 5.41) is 4.94. The minimum Gasteiger partial charge on any atom is -0.304 e. The number of hydrogen-bond donors (Lipinski definition) is 1. The molecular weight excluding hydrogens is 289 g/mol. The molecule has 0 radical (unpaired) electrons. The van der Waals surface area contributed by atoms with Gasteiger partial charge in [-0.05, 0) is 44.0 Å². The number of halogens is 2. The van der Waals surface area contributed by atoms with Crippen LogP contribution in [0.15, 0.2) is 42.5 Å². The smallest absolute Gasteiger partial charge is 0.0468 e. The van der Waals surface area contributed by atoms with Crippen LogP contribution >= 0.6 is 23.2 Å². The third kappa shape index (κ3) is 3.76. The van der Waals surface area contributed by atoms with E-state index in [1.165, 1.54) is 11.1 Å². The van der Waals surface area contributed by atoms with Crippen LogP contribution in [-0.2, 0) is 0 Å². The van der Waals surface area contributed by atoms with Crippen LogP contribution < -0.4 is 5.32 Å². The van der Waals surface area contributed by atoms with Crippen LogP contribution in [0.1, 0.15) is 42.6 Å². The van der Waals surface area contributed by atoms with Gasteiger partial charge in [0.05, 0.1) is 0 Å². The molecule has 0 aliphatic carbocycles. The van der Waals surface area contributed by atoms with E-state index in [-0.39, 0.29) is 12.1 Å². The Balaban J connectivity index is 2.12. The van der Waals surface area contributed by atoms with E-state index < -0.39 is 0 Å². The average molecular weight is 308 g/mol. The highest BCUT2D eigenvalue weighted by atomic mass is 35.5. The van der Waals surface area contributed by atoms with Crippen LogP contribution in [-0.4, -0.2) is 0 Å². The van der Waals surface area contributed by atoms with Gasteiger partial charge in [-0.15, -0.1) is 0 Å². The van der Waals surface area contributed by atoms with Crippen molar-refractivity contribution in [1.82, 2.24) is 5.32 Å². The first-order valence-electron chi connectivity index (χ1n) is 6.75. The molecule has 0 amide bonds. The number of hydrogen-bond acceptors (Lipinski definition) is 1. The molecule has 2 atom stereocenters. The molecule has 2 aromatic carbocycles. The summed E-state index contributed by atoms with van der Waals surface area (Å²) in [6, 6.07) is 14.6. The van der Waals surface area contributed by atoms with Crippen LogP contribution in [0.25, 0.3) is 0 Å². The molecule has 0 aromatic heterocycles. The van der Waals surface area contributed by atoms with E-state index in [0.717, 1.165) is 5.56 Å². The molecule has 0 heterocycles. The van der Waals surface area contributed by atoms with Crippen LogP contribution in [0.5, 0.6) is 0 Å². The Bertz CT molecular complexity index is 595. The van der Waals surface area contributed by atoms with Crippen molar-refractivity contribution >= 4 is 23.2 Å². The SMILES string of the molecule is Cc1cccc(C(C)NC(C)c2ccc(Cl)cc2Cl)c1. The van der Waals surface area contributed by atoms with E-state index in [1.54, 1.807) is 6.07 Å². The number of benzene rings is 2. The fourth-order valence-electron chi connectivity index (χ4n) is 2.35. The molecule has 106 valence electrons. The van der Waals surface area contributed by atoms with Gasteiger partial charge in [0, 0.05) is 22.1 Å². The summed E-state index contributed by atoms with van der Waals surface area (Å²) >= 11 is 12.2. The second-order valence-corrected chi connectivity index (χ2v) is 6.03. The Labute approximate surface area is 130 Å². The molecule has 2 aromatic rings. The normalized spacial score (nSPS) is 14.1. The van der Waals surface area contributed by atoms with Crippen LogP contribution in [0, 0.1) is 6.92 Å². The van der Waals surface area contributed by atoms with Gasteiger partial charge in [-0.2, -0.15) is 0 Å². The largest absolute Gasteiger partial charge is 0.304 e. The molecule has 3 heteroatoms. The van der Waals surface area contributed by atoms with Gasteiger partial charge in [-0.3, -0.25) is 0 Å². The molecule has 0 aliphatic heterocycles. The maximum absolute atomic E-state index is 6.25. The van der Waals surface area contributed by atoms with E-state index in [4.69, 9.17) is 23.2 Å². The molecule has 0 bridgehead atoms. The molecule has 0 saturated carbocycles. The quantitative estimate of drug-likeness (QED) is 0.762. The second kappa shape index (κ2) is 6.62. The first kappa shape index (κ1) is 15.4. The Morgan fingerprint density at radius 2 is 1.70 bits per heavy atom. The molecule has 1 nitrogen and oxygen atoms in total. The van der Waals surface area contributed by atoms with Crippen molar-refractivity contribution in [2.45, 2.75) is 32.9 Å². The van der Waals surface area contributed by atoms with Crippen molar-refractivity contribution in [2.75, 3.05) is 0 Å². The molecule has 0 saturated heterocycles. The molecule has 0 spiro atoms. The van der Waals surface area contributed by atoms with E-state index in [2.05, 4.69) is 50.4 Å². The van der Waals surface area contributed by atoms with Gasteiger partial charge in [-0.25, -0.2) is 0 Å². The third-order valence-corrected chi connectivity index (χ3v) is 4.03. The molecule has 2 unspecified atom stereocenters. The Hall–Kier alpha value is -1.02. The van der Waals surface area contributed by atoms with Gasteiger partial charge in [0.2, 0.25) is 0 Å². The Morgan fingerprint density at radius 3 is 2.35 bits per heavy atom. The molecule has 20 heavy (non-hydrogen) atoms. The van der Waals surface area contributed by atoms with Gasteiger partial charge in [0.15, 0.2) is 0 Å². The molecule has 1 N–H and O–H groups in total. The van der Waals surface area contributed by atoms with Crippen molar-refractivity contribution in [3.8, 4) is 0 Å². The van der Waals surface area contributed by atoms with E-state index >= 15 is 0 Å². The second-order valence-electron chi connectivity index (χ2n) is 5.19. The predicted molar refractivity (Wildman–Crippen MR) is 87.6 cm³/mol. The van der Waals surface area contributed by atoms with Crippen molar-refractivity contribution in [3.63, 3.8) is 0 Å². The van der Waals surface area contributed by atoms with E-state index in [0.29, 0.717) is 10.0 Å². The lowest BCUT2D eigenvalue weighted by Crippen LogP contribution is -2.22. The summed E-state index contributed by atoms with van der Waals surface area (Å²) < 4.78 is 0. The van der Waals surface area contributed by atoms with Crippen molar-refractivity contribution in [1.29, 1.82) is 0 Å². The standard InChI is InChI=1S/C17H19Cl2N/c1-11-5-4-6-14(9-11)12(2)20-13(3)16-8-7-15(18)10-17(16)19/h4-10,12-13,20H,1-3H3. The molecule has 2 rings (SSSR count). The van der Waals surface area contributed by atoms with Crippen molar-refractivity contribution in [3.05, 3.63) is 69.2 Å². The number of aryl methyl sites for hydroxylation is 1. The fraction of sp³-hybridized carbons (Fsp3) is 0.294. The predicted octanol–water partition coefficient (Wildman–Crippen LogP) is 5.71. The summed E-state index contributed by atoms with van der Waals surface area (Å²) in [5.74, 6) is 0. The van der Waals surface area contributed by atoms with Gasteiger partial charge >= 0.3 is 0 Å². The summed E-state index contributed by atoms with van der Waals surface area (Å²) in [6.07, 6.45) is 0. The summed E-state index contributed by atoms with van der Waals surface area (Å²) in [5.41, 5.74) is 3.62. The van der Waals surface area contributed by atoms with Crippen LogP contribution in [0.2, 0.25) is 10.0 Å². The zero-order valence-electron chi connectivity index (χ0n) is 12.0. The fourth-order valence-corrected chi connectivity index (χ4v) is 2.93. The topological polar surface area (TPSA) is 12.0 Å². The minimum absolute atomic E-state index is 0.162. The lowest BCUT2D eigenvalue weighted by atomic mass is 10.0. The van der Waals surface area contributed by atoms with E-state index in [9.17, 15) is 0 Å². The summed E-state index contributed by atoms with van der Waals surface area (Å²) in [4.78, 5) is 0. The highest BCUT2D eigenvalue weighted by molar-refractivity contribution is 6.35. The van der Waals surface area contributed by atoms with Crippen LogP contribution in [0.3, 0.4) is 0 Å². The zero-order chi connectivity index (χ0) is 14.7. The summed E-state index contributed by atoms with van der Waals surface area (Å²) in [6.45, 7) is 6.38. The van der Waals surface area contributed by atoms with Gasteiger partial charge in [0.25, 0.3) is 0 Å². The van der Waals surface area contributed by atoms with Crippen molar-refractivity contribution < 1.29 is 0 Å². The minimum atomic E-state index is 0.162. The maximum atomic E-state index is 6.25. The van der Waals surface area contributed by atoms with Gasteiger partial charge in [-0.1, -0.05) is 59.1 Å². The first-order chi connectivity index (χ1) is 9.47. The van der Waals surface area contributed by atoms with Gasteiger partial charge < -0.3 is 5.32 Å². The van der Waals surface area contributed by atoms with Crippen LogP contribution in [0.4, 0.5) is 0 Å². The number of rotatable bonds is 4. The lowest BCUT2D eigenvalue weighted by molar-refractivity contribution is 0.494. The zero-order valence-corrected chi connectivity index (χ0v) is 13.5. The number of nitrogens with one attached hydrogen (secondary N) is 1. The third-order valence-electron chi connectivity index (χ3n) is 3.47. The maximum Gasteiger partial charge on any atom is 0.0468 e. The first-order valence-corrected chi connectivity index (χ1v) is 7.50.